The molecule has 1 aliphatic heterocycles. The number of ether oxygens (including phenoxy) is 1. The minimum atomic E-state index is -0.0430. The Labute approximate surface area is 155 Å². The van der Waals surface area contributed by atoms with E-state index < -0.39 is 0 Å². The summed E-state index contributed by atoms with van der Waals surface area (Å²) in [5, 5.41) is 10.1. The molecule has 26 heavy (non-hydrogen) atoms. The van der Waals surface area contributed by atoms with E-state index in [4.69, 9.17) is 4.74 Å². The highest BCUT2D eigenvalue weighted by Gasteiger charge is 2.25. The molecule has 0 spiro atoms. The minimum Gasteiger partial charge on any atom is -0.497 e. The van der Waals surface area contributed by atoms with E-state index in [0.717, 1.165) is 29.1 Å². The number of carbonyl (C=O) groups excluding carboxylic acids is 1. The molecular formula is C18H19N5O2S. The lowest BCUT2D eigenvalue weighted by Crippen LogP contribution is -2.35. The maximum Gasteiger partial charge on any atom is 0.273 e. The third-order valence-corrected chi connectivity index (χ3v) is 5.08. The summed E-state index contributed by atoms with van der Waals surface area (Å²) in [6.45, 7) is 1.25. The van der Waals surface area contributed by atoms with E-state index in [1.165, 1.54) is 11.3 Å². The van der Waals surface area contributed by atoms with E-state index in [1.54, 1.807) is 17.2 Å². The Bertz CT molecular complexity index is 931. The predicted molar refractivity (Wildman–Crippen MR) is 100 cm³/mol. The van der Waals surface area contributed by atoms with Gasteiger partial charge in [-0.3, -0.25) is 9.48 Å². The number of anilines is 2. The molecule has 2 aromatic heterocycles. The van der Waals surface area contributed by atoms with Gasteiger partial charge in [0.05, 0.1) is 12.8 Å². The molecule has 0 saturated carbocycles. The highest BCUT2D eigenvalue weighted by molar-refractivity contribution is 7.14. The molecule has 0 radical (unpaired) electrons. The van der Waals surface area contributed by atoms with Gasteiger partial charge in [0.2, 0.25) is 0 Å². The third kappa shape index (κ3) is 3.28. The number of nitrogens with zero attached hydrogens (tertiary/aromatic N) is 4. The van der Waals surface area contributed by atoms with E-state index in [0.29, 0.717) is 23.9 Å². The number of fused-ring (bicyclic) bond motifs is 1. The topological polar surface area (TPSA) is 72.3 Å². The number of thiazole rings is 1. The van der Waals surface area contributed by atoms with Crippen molar-refractivity contribution in [2.45, 2.75) is 13.0 Å². The first-order chi connectivity index (χ1) is 12.6. The van der Waals surface area contributed by atoms with Crippen molar-refractivity contribution in [1.29, 1.82) is 0 Å². The lowest BCUT2D eigenvalue weighted by molar-refractivity contribution is 0.0729. The summed E-state index contributed by atoms with van der Waals surface area (Å²) < 4.78 is 6.96. The van der Waals surface area contributed by atoms with Crippen LogP contribution in [0.15, 0.2) is 35.8 Å². The van der Waals surface area contributed by atoms with Crippen LogP contribution in [0, 0.1) is 0 Å². The van der Waals surface area contributed by atoms with Crippen LogP contribution in [0.3, 0.4) is 0 Å². The highest BCUT2D eigenvalue weighted by atomic mass is 32.1. The Hall–Kier alpha value is -2.87. The molecule has 1 N–H and O–H groups in total. The number of carbonyl (C=O) groups is 1. The fourth-order valence-corrected chi connectivity index (χ4v) is 3.72. The van der Waals surface area contributed by atoms with Crippen molar-refractivity contribution >= 4 is 28.1 Å². The molecule has 1 amide bonds. The van der Waals surface area contributed by atoms with Crippen LogP contribution in [0.2, 0.25) is 0 Å². The minimum absolute atomic E-state index is 0.0430. The number of rotatable bonds is 4. The third-order valence-electron chi connectivity index (χ3n) is 4.32. The van der Waals surface area contributed by atoms with Crippen molar-refractivity contribution in [3.8, 4) is 5.75 Å². The van der Waals surface area contributed by atoms with Crippen LogP contribution in [0.4, 0.5) is 10.8 Å². The molecule has 134 valence electrons. The summed E-state index contributed by atoms with van der Waals surface area (Å²) in [6.07, 6.45) is 2.76. The number of benzene rings is 1. The Kier molecular flexibility index (Phi) is 4.34. The molecule has 0 atom stereocenters. The number of hydrogen-bond donors (Lipinski definition) is 1. The molecule has 3 aromatic rings. The lowest BCUT2D eigenvalue weighted by atomic mass is 10.1. The predicted octanol–water partition coefficient (Wildman–Crippen LogP) is 2.83. The summed E-state index contributed by atoms with van der Waals surface area (Å²) in [5.74, 6) is 0.754. The average molecular weight is 369 g/mol. The van der Waals surface area contributed by atoms with Gasteiger partial charge in [0, 0.05) is 49.4 Å². The number of hydrogen-bond acceptors (Lipinski definition) is 6. The van der Waals surface area contributed by atoms with Crippen molar-refractivity contribution in [1.82, 2.24) is 19.7 Å². The number of methoxy groups -OCH3 is 1. The van der Waals surface area contributed by atoms with Crippen LogP contribution in [0.25, 0.3) is 0 Å². The van der Waals surface area contributed by atoms with Crippen molar-refractivity contribution in [3.05, 3.63) is 52.8 Å². The highest BCUT2D eigenvalue weighted by Crippen LogP contribution is 2.25. The van der Waals surface area contributed by atoms with Crippen molar-refractivity contribution in [2.24, 2.45) is 7.05 Å². The van der Waals surface area contributed by atoms with E-state index in [9.17, 15) is 4.79 Å². The standard InChI is InChI=1S/C18H19N5O2S/c1-22-9-12-10-23(8-7-15(12)21-22)17(24)16-11-26-18(20-16)19-13-3-5-14(25-2)6-4-13/h3-6,9,11H,7-8,10H2,1-2H3,(H,19,20). The second-order valence-electron chi connectivity index (χ2n) is 6.14. The normalized spacial score (nSPS) is 13.4. The molecular weight excluding hydrogens is 350 g/mol. The number of nitrogens with one attached hydrogen (secondary N) is 1. The Balaban J connectivity index is 1.44. The van der Waals surface area contributed by atoms with Crippen LogP contribution in [-0.2, 0) is 20.0 Å². The molecule has 0 saturated heterocycles. The Morgan fingerprint density at radius 1 is 1.31 bits per heavy atom. The van der Waals surface area contributed by atoms with E-state index in [1.807, 2.05) is 42.4 Å². The molecule has 0 bridgehead atoms. The summed E-state index contributed by atoms with van der Waals surface area (Å²) >= 11 is 1.42. The molecule has 7 nitrogen and oxygen atoms in total. The molecule has 8 heteroatoms. The fraction of sp³-hybridized carbons (Fsp3) is 0.278. The molecule has 4 rings (SSSR count). The molecule has 1 aromatic carbocycles. The first-order valence-corrected chi connectivity index (χ1v) is 9.17. The van der Waals surface area contributed by atoms with Gasteiger partial charge < -0.3 is 15.0 Å². The molecule has 1 aliphatic rings. The fourth-order valence-electron chi connectivity index (χ4n) is 3.01. The molecule has 0 fully saturated rings. The van der Waals surface area contributed by atoms with Crippen molar-refractivity contribution < 1.29 is 9.53 Å². The van der Waals surface area contributed by atoms with E-state index in [-0.39, 0.29) is 5.91 Å². The molecule has 0 aliphatic carbocycles. The van der Waals surface area contributed by atoms with Crippen molar-refractivity contribution in [2.75, 3.05) is 19.0 Å². The second kappa shape index (κ2) is 6.80. The summed E-state index contributed by atoms with van der Waals surface area (Å²) in [5.41, 5.74) is 3.56. The van der Waals surface area contributed by atoms with Crippen LogP contribution in [0.5, 0.6) is 5.75 Å². The number of aromatic nitrogens is 3. The maximum atomic E-state index is 12.8. The van der Waals surface area contributed by atoms with Crippen molar-refractivity contribution in [3.63, 3.8) is 0 Å². The zero-order valence-electron chi connectivity index (χ0n) is 14.6. The summed E-state index contributed by atoms with van der Waals surface area (Å²) in [6, 6.07) is 7.58. The first-order valence-electron chi connectivity index (χ1n) is 8.29. The van der Waals surface area contributed by atoms with Gasteiger partial charge >= 0.3 is 0 Å². The second-order valence-corrected chi connectivity index (χ2v) is 7.00. The average Bonchev–Trinajstić information content (AvgIpc) is 3.26. The maximum absolute atomic E-state index is 12.8. The zero-order valence-corrected chi connectivity index (χ0v) is 15.4. The van der Waals surface area contributed by atoms with Crippen LogP contribution in [-0.4, -0.2) is 39.2 Å². The van der Waals surface area contributed by atoms with Gasteiger partial charge in [-0.1, -0.05) is 0 Å². The monoisotopic (exact) mass is 369 g/mol. The summed E-state index contributed by atoms with van der Waals surface area (Å²) in [4.78, 5) is 19.0. The van der Waals surface area contributed by atoms with Gasteiger partial charge in [-0.25, -0.2) is 4.98 Å². The van der Waals surface area contributed by atoms with Gasteiger partial charge in [0.15, 0.2) is 5.13 Å². The Morgan fingerprint density at radius 2 is 2.12 bits per heavy atom. The van der Waals surface area contributed by atoms with E-state index in [2.05, 4.69) is 15.4 Å². The van der Waals surface area contributed by atoms with Crippen LogP contribution < -0.4 is 10.1 Å². The van der Waals surface area contributed by atoms with Gasteiger partial charge in [0.25, 0.3) is 5.91 Å². The van der Waals surface area contributed by atoms with Crippen LogP contribution >= 0.6 is 11.3 Å². The number of amides is 1. The number of aryl methyl sites for hydroxylation is 1. The summed E-state index contributed by atoms with van der Waals surface area (Å²) in [7, 11) is 3.54. The van der Waals surface area contributed by atoms with E-state index >= 15 is 0 Å². The van der Waals surface area contributed by atoms with Crippen LogP contribution in [0.1, 0.15) is 21.7 Å². The first kappa shape index (κ1) is 16.6. The van der Waals surface area contributed by atoms with Gasteiger partial charge in [-0.05, 0) is 24.3 Å². The van der Waals surface area contributed by atoms with Gasteiger partial charge in [-0.2, -0.15) is 5.10 Å². The van der Waals surface area contributed by atoms with Gasteiger partial charge in [0.1, 0.15) is 11.4 Å². The Morgan fingerprint density at radius 3 is 2.88 bits per heavy atom. The molecule has 3 heterocycles. The lowest BCUT2D eigenvalue weighted by Gasteiger charge is -2.25. The zero-order chi connectivity index (χ0) is 18.1. The SMILES string of the molecule is COc1ccc(Nc2nc(C(=O)N3CCc4nn(C)cc4C3)cs2)cc1. The van der Waals surface area contributed by atoms with Gasteiger partial charge in [-0.15, -0.1) is 11.3 Å². The quantitative estimate of drug-likeness (QED) is 0.766. The largest absolute Gasteiger partial charge is 0.497 e. The molecule has 0 unspecified atom stereocenters. The smallest absolute Gasteiger partial charge is 0.273 e.